The van der Waals surface area contributed by atoms with Gasteiger partial charge in [-0.2, -0.15) is 0 Å². The van der Waals surface area contributed by atoms with Crippen LogP contribution in [0.5, 0.6) is 0 Å². The molecule has 24 heavy (non-hydrogen) atoms. The summed E-state index contributed by atoms with van der Waals surface area (Å²) in [7, 11) is 3.56. The summed E-state index contributed by atoms with van der Waals surface area (Å²) in [5.74, 6) is 1.01. The van der Waals surface area contributed by atoms with Crippen molar-refractivity contribution in [1.82, 2.24) is 10.2 Å². The van der Waals surface area contributed by atoms with E-state index in [2.05, 4.69) is 5.32 Å². The van der Waals surface area contributed by atoms with Gasteiger partial charge in [-0.15, -0.1) is 11.3 Å². The fourth-order valence-corrected chi connectivity index (χ4v) is 5.08. The van der Waals surface area contributed by atoms with E-state index < -0.39 is 0 Å². The first-order valence-corrected chi connectivity index (χ1v) is 9.97. The molecule has 1 atom stereocenters. The molecule has 0 aromatic carbocycles. The van der Waals surface area contributed by atoms with Crippen molar-refractivity contribution in [3.05, 3.63) is 21.4 Å². The van der Waals surface area contributed by atoms with Crippen molar-refractivity contribution < 1.29 is 9.59 Å². The number of nitrogens with one attached hydrogen (secondary N) is 1. The van der Waals surface area contributed by atoms with Crippen LogP contribution in [-0.4, -0.2) is 37.4 Å². The molecule has 5 heteroatoms. The summed E-state index contributed by atoms with van der Waals surface area (Å²) in [5.41, 5.74) is 1.20. The minimum Gasteiger partial charge on any atom is -0.356 e. The number of carbonyl (C=O) groups excluding carboxylic acids is 2. The van der Waals surface area contributed by atoms with Gasteiger partial charge in [-0.3, -0.25) is 9.59 Å². The van der Waals surface area contributed by atoms with Gasteiger partial charge in [0.2, 0.25) is 5.91 Å². The molecule has 1 aromatic rings. The van der Waals surface area contributed by atoms with Crippen LogP contribution in [0, 0.1) is 11.8 Å². The molecule has 1 heterocycles. The lowest BCUT2D eigenvalue weighted by molar-refractivity contribution is -0.125. The number of thiophene rings is 1. The van der Waals surface area contributed by atoms with Gasteiger partial charge in [-0.1, -0.05) is 19.3 Å². The van der Waals surface area contributed by atoms with Gasteiger partial charge in [-0.05, 0) is 49.7 Å². The Balaban J connectivity index is 1.56. The predicted octanol–water partition coefficient (Wildman–Crippen LogP) is 3.25. The first-order chi connectivity index (χ1) is 11.5. The van der Waals surface area contributed by atoms with Gasteiger partial charge in [0.05, 0.1) is 4.88 Å². The quantitative estimate of drug-likeness (QED) is 0.908. The molecule has 1 aromatic heterocycles. The molecule has 1 N–H and O–H groups in total. The van der Waals surface area contributed by atoms with Crippen LogP contribution < -0.4 is 5.32 Å². The number of aryl methyl sites for hydroxylation is 1. The summed E-state index contributed by atoms with van der Waals surface area (Å²) >= 11 is 1.60. The number of hydrogen-bond donors (Lipinski definition) is 1. The molecule has 0 saturated heterocycles. The van der Waals surface area contributed by atoms with Gasteiger partial charge in [0.15, 0.2) is 0 Å². The average molecular weight is 349 g/mol. The van der Waals surface area contributed by atoms with Crippen molar-refractivity contribution in [3.8, 4) is 0 Å². The van der Waals surface area contributed by atoms with Crippen LogP contribution in [0.15, 0.2) is 6.07 Å². The molecule has 2 amide bonds. The third-order valence-electron chi connectivity index (χ3n) is 5.36. The molecular formula is C19H28N2O2S. The van der Waals surface area contributed by atoms with Crippen molar-refractivity contribution in [1.29, 1.82) is 0 Å². The average Bonchev–Trinajstić information content (AvgIpc) is 3.02. The Morgan fingerprint density at radius 2 is 1.96 bits per heavy atom. The van der Waals surface area contributed by atoms with Crippen LogP contribution in [0.2, 0.25) is 0 Å². The van der Waals surface area contributed by atoms with Crippen LogP contribution in [-0.2, 0) is 17.6 Å². The largest absolute Gasteiger partial charge is 0.356 e. The van der Waals surface area contributed by atoms with E-state index in [0.717, 1.165) is 30.7 Å². The number of rotatable bonds is 4. The van der Waals surface area contributed by atoms with Gasteiger partial charge in [0.1, 0.15) is 0 Å². The van der Waals surface area contributed by atoms with Crippen molar-refractivity contribution in [2.75, 3.05) is 20.6 Å². The molecular weight excluding hydrogens is 320 g/mol. The molecule has 1 fully saturated rings. The van der Waals surface area contributed by atoms with Crippen molar-refractivity contribution in [3.63, 3.8) is 0 Å². The predicted molar refractivity (Wildman–Crippen MR) is 97.4 cm³/mol. The van der Waals surface area contributed by atoms with E-state index in [-0.39, 0.29) is 17.7 Å². The summed E-state index contributed by atoms with van der Waals surface area (Å²) in [6.45, 7) is 0.843. The number of nitrogens with zero attached hydrogens (tertiary/aromatic N) is 1. The fourth-order valence-electron chi connectivity index (χ4n) is 3.85. The highest BCUT2D eigenvalue weighted by molar-refractivity contribution is 7.14. The maximum Gasteiger partial charge on any atom is 0.263 e. The Morgan fingerprint density at radius 3 is 2.67 bits per heavy atom. The number of amides is 2. The Hall–Kier alpha value is -1.36. The lowest BCUT2D eigenvalue weighted by atomic mass is 9.86. The molecule has 0 unspecified atom stereocenters. The normalized spacial score (nSPS) is 21.2. The van der Waals surface area contributed by atoms with Gasteiger partial charge in [0.25, 0.3) is 5.91 Å². The van der Waals surface area contributed by atoms with Gasteiger partial charge in [0, 0.05) is 31.4 Å². The van der Waals surface area contributed by atoms with E-state index in [1.807, 2.05) is 6.07 Å². The smallest absolute Gasteiger partial charge is 0.263 e. The molecule has 0 bridgehead atoms. The molecule has 4 nitrogen and oxygen atoms in total. The van der Waals surface area contributed by atoms with E-state index in [4.69, 9.17) is 0 Å². The molecule has 132 valence electrons. The van der Waals surface area contributed by atoms with E-state index >= 15 is 0 Å². The Bertz CT molecular complexity index is 603. The van der Waals surface area contributed by atoms with E-state index in [1.165, 1.54) is 42.5 Å². The highest BCUT2D eigenvalue weighted by Gasteiger charge is 2.28. The highest BCUT2D eigenvalue weighted by Crippen LogP contribution is 2.33. The summed E-state index contributed by atoms with van der Waals surface area (Å²) in [6.07, 6.45) is 9.09. The maximum absolute atomic E-state index is 12.5. The highest BCUT2D eigenvalue weighted by atomic mass is 32.1. The Kier molecular flexibility index (Phi) is 5.59. The molecule has 0 spiro atoms. The first kappa shape index (κ1) is 17.5. The first-order valence-electron chi connectivity index (χ1n) is 9.15. The molecule has 0 aliphatic heterocycles. The van der Waals surface area contributed by atoms with Crippen LogP contribution in [0.3, 0.4) is 0 Å². The fraction of sp³-hybridized carbons (Fsp3) is 0.684. The van der Waals surface area contributed by atoms with Crippen LogP contribution >= 0.6 is 11.3 Å². The zero-order valence-corrected chi connectivity index (χ0v) is 15.6. The zero-order valence-electron chi connectivity index (χ0n) is 14.8. The van der Waals surface area contributed by atoms with Crippen LogP contribution in [0.1, 0.15) is 58.6 Å². The van der Waals surface area contributed by atoms with Crippen molar-refractivity contribution in [2.24, 2.45) is 11.8 Å². The second kappa shape index (κ2) is 7.68. The van der Waals surface area contributed by atoms with Gasteiger partial charge >= 0.3 is 0 Å². The number of fused-ring (bicyclic) bond motifs is 1. The van der Waals surface area contributed by atoms with Gasteiger partial charge in [-0.25, -0.2) is 0 Å². The lowest BCUT2D eigenvalue weighted by Gasteiger charge is -2.25. The number of carbonyl (C=O) groups is 2. The SMILES string of the molecule is CN(C)C(=O)c1cc2c(s1)CC[C@@H](C(=O)NCC1CCCCC1)C2. The zero-order chi connectivity index (χ0) is 17.1. The summed E-state index contributed by atoms with van der Waals surface area (Å²) in [5, 5.41) is 3.19. The molecule has 0 radical (unpaired) electrons. The minimum atomic E-state index is 0.0627. The monoisotopic (exact) mass is 348 g/mol. The molecule has 3 rings (SSSR count). The molecule has 2 aliphatic rings. The van der Waals surface area contributed by atoms with Crippen molar-refractivity contribution >= 4 is 23.2 Å². The van der Waals surface area contributed by atoms with E-state index in [0.29, 0.717) is 5.92 Å². The topological polar surface area (TPSA) is 49.4 Å². The second-order valence-electron chi connectivity index (χ2n) is 7.45. The third-order valence-corrected chi connectivity index (χ3v) is 6.59. The molecule has 2 aliphatic carbocycles. The maximum atomic E-state index is 12.5. The van der Waals surface area contributed by atoms with E-state index in [9.17, 15) is 9.59 Å². The van der Waals surface area contributed by atoms with Crippen molar-refractivity contribution in [2.45, 2.75) is 51.4 Å². The standard InChI is InChI=1S/C19H28N2O2S/c1-21(2)19(23)17-11-15-10-14(8-9-16(15)24-17)18(22)20-12-13-6-4-3-5-7-13/h11,13-14H,3-10,12H2,1-2H3,(H,20,22)/t14-/m1/s1. The van der Waals surface area contributed by atoms with Crippen LogP contribution in [0.4, 0.5) is 0 Å². The third kappa shape index (κ3) is 4.00. The molecule has 1 saturated carbocycles. The summed E-state index contributed by atoms with van der Waals surface area (Å²) in [6, 6.07) is 2.00. The summed E-state index contributed by atoms with van der Waals surface area (Å²) < 4.78 is 0. The Morgan fingerprint density at radius 1 is 1.21 bits per heavy atom. The summed E-state index contributed by atoms with van der Waals surface area (Å²) in [4.78, 5) is 28.3. The number of hydrogen-bond acceptors (Lipinski definition) is 3. The van der Waals surface area contributed by atoms with Crippen LogP contribution in [0.25, 0.3) is 0 Å². The Labute approximate surface area is 148 Å². The van der Waals surface area contributed by atoms with Gasteiger partial charge < -0.3 is 10.2 Å². The lowest BCUT2D eigenvalue weighted by Crippen LogP contribution is -2.37. The second-order valence-corrected chi connectivity index (χ2v) is 8.58. The van der Waals surface area contributed by atoms with E-state index in [1.54, 1.807) is 30.3 Å². The minimum absolute atomic E-state index is 0.0627.